The van der Waals surface area contributed by atoms with Crippen LogP contribution in [0.5, 0.6) is 5.88 Å². The van der Waals surface area contributed by atoms with Crippen molar-refractivity contribution in [1.82, 2.24) is 19.9 Å². The Balaban J connectivity index is 1.69. The molecule has 0 unspecified atom stereocenters. The van der Waals surface area contributed by atoms with Crippen LogP contribution in [0.3, 0.4) is 0 Å². The summed E-state index contributed by atoms with van der Waals surface area (Å²) in [6.07, 6.45) is 8.51. The third kappa shape index (κ3) is 4.82. The van der Waals surface area contributed by atoms with E-state index < -0.39 is 5.82 Å². The highest BCUT2D eigenvalue weighted by molar-refractivity contribution is 6.01. The number of halogens is 1. The molecule has 0 radical (unpaired) electrons. The molecule has 4 rings (SSSR count). The van der Waals surface area contributed by atoms with Crippen molar-refractivity contribution >= 4 is 22.6 Å². The number of benzene rings is 1. The summed E-state index contributed by atoms with van der Waals surface area (Å²) in [5.74, 6) is -0.252. The number of hydrogen-bond donors (Lipinski definition) is 1. The highest BCUT2D eigenvalue weighted by Gasteiger charge is 2.15. The number of amides is 1. The molecule has 1 N–H and O–H groups in total. The van der Waals surface area contributed by atoms with Crippen molar-refractivity contribution in [1.29, 1.82) is 0 Å². The molecule has 0 aliphatic carbocycles. The van der Waals surface area contributed by atoms with Crippen molar-refractivity contribution in [2.24, 2.45) is 0 Å². The number of nitrogens with one attached hydrogen (secondary N) is 1. The average Bonchev–Trinajstić information content (AvgIpc) is 3.27. The zero-order valence-corrected chi connectivity index (χ0v) is 19.5. The number of likely N-dealkylation sites (N-methyl/N-ethyl adjacent to an activating group) is 2. The molecule has 0 atom stereocenters. The Kier molecular flexibility index (Phi) is 6.70. The number of aromatic nitrogens is 3. The third-order valence-corrected chi connectivity index (χ3v) is 5.49. The lowest BCUT2D eigenvalue weighted by Crippen LogP contribution is -2.25. The van der Waals surface area contributed by atoms with Gasteiger partial charge in [0.15, 0.2) is 0 Å². The SMILES string of the molecule is COc1cc(-c2c[nH]c3ncc(-c4ccc(F)c(N(C)C(=O)/C=C/CN(C)C)c4)cc23)ccn1. The van der Waals surface area contributed by atoms with E-state index >= 15 is 0 Å². The van der Waals surface area contributed by atoms with E-state index in [1.807, 2.05) is 43.4 Å². The number of rotatable bonds is 7. The number of hydrogen-bond acceptors (Lipinski definition) is 5. The Bertz CT molecular complexity index is 1360. The first kappa shape index (κ1) is 23.1. The summed E-state index contributed by atoms with van der Waals surface area (Å²) in [6, 6.07) is 10.5. The fraction of sp³-hybridized carbons (Fsp3) is 0.192. The van der Waals surface area contributed by atoms with E-state index in [1.54, 1.807) is 44.8 Å². The van der Waals surface area contributed by atoms with Gasteiger partial charge in [0.05, 0.1) is 12.8 Å². The summed E-state index contributed by atoms with van der Waals surface area (Å²) in [4.78, 5) is 27.7. The molecule has 3 aromatic heterocycles. The quantitative estimate of drug-likeness (QED) is 0.412. The second kappa shape index (κ2) is 9.84. The number of ether oxygens (including phenoxy) is 1. The molecule has 0 fully saturated rings. The van der Waals surface area contributed by atoms with E-state index in [2.05, 4.69) is 15.0 Å². The number of pyridine rings is 2. The van der Waals surface area contributed by atoms with Gasteiger partial charge in [-0.2, -0.15) is 0 Å². The summed E-state index contributed by atoms with van der Waals surface area (Å²) < 4.78 is 19.9. The first-order chi connectivity index (χ1) is 16.4. The molecule has 0 saturated heterocycles. The molecule has 7 nitrogen and oxygen atoms in total. The smallest absolute Gasteiger partial charge is 0.250 e. The highest BCUT2D eigenvalue weighted by atomic mass is 19.1. The van der Waals surface area contributed by atoms with Gasteiger partial charge in [-0.05, 0) is 49.5 Å². The molecular formula is C26H26FN5O2. The molecule has 1 amide bonds. The number of aromatic amines is 1. The lowest BCUT2D eigenvalue weighted by atomic mass is 10.0. The van der Waals surface area contributed by atoms with Gasteiger partial charge >= 0.3 is 0 Å². The summed E-state index contributed by atoms with van der Waals surface area (Å²) >= 11 is 0. The number of anilines is 1. The van der Waals surface area contributed by atoms with Gasteiger partial charge in [0, 0.05) is 60.8 Å². The number of nitrogens with zero attached hydrogens (tertiary/aromatic N) is 4. The van der Waals surface area contributed by atoms with Crippen LogP contribution in [0.2, 0.25) is 0 Å². The van der Waals surface area contributed by atoms with Crippen LogP contribution in [0, 0.1) is 5.82 Å². The van der Waals surface area contributed by atoms with Crippen molar-refractivity contribution in [3.8, 4) is 28.1 Å². The fourth-order valence-corrected chi connectivity index (χ4v) is 3.63. The molecule has 0 aliphatic heterocycles. The maximum Gasteiger partial charge on any atom is 0.250 e. The zero-order chi connectivity index (χ0) is 24.2. The van der Waals surface area contributed by atoms with Crippen LogP contribution in [0.1, 0.15) is 0 Å². The topological polar surface area (TPSA) is 74.3 Å². The van der Waals surface area contributed by atoms with Crippen LogP contribution in [-0.2, 0) is 4.79 Å². The van der Waals surface area contributed by atoms with E-state index in [0.29, 0.717) is 12.4 Å². The number of H-pyrrole nitrogens is 1. The molecule has 0 aliphatic rings. The van der Waals surface area contributed by atoms with Crippen molar-refractivity contribution in [2.75, 3.05) is 39.7 Å². The molecule has 4 aromatic rings. The Morgan fingerprint density at radius 3 is 2.68 bits per heavy atom. The lowest BCUT2D eigenvalue weighted by molar-refractivity contribution is -0.113. The first-order valence-electron chi connectivity index (χ1n) is 10.7. The van der Waals surface area contributed by atoms with Crippen LogP contribution >= 0.6 is 0 Å². The monoisotopic (exact) mass is 459 g/mol. The third-order valence-electron chi connectivity index (χ3n) is 5.49. The predicted molar refractivity (Wildman–Crippen MR) is 132 cm³/mol. The minimum atomic E-state index is -0.471. The summed E-state index contributed by atoms with van der Waals surface area (Å²) in [5, 5.41) is 0.910. The molecule has 0 bridgehead atoms. The highest BCUT2D eigenvalue weighted by Crippen LogP contribution is 2.33. The van der Waals surface area contributed by atoms with Crippen LogP contribution in [-0.4, -0.2) is 60.6 Å². The normalized spacial score (nSPS) is 11.5. The van der Waals surface area contributed by atoms with Crippen LogP contribution in [0.25, 0.3) is 33.3 Å². The maximum absolute atomic E-state index is 14.6. The summed E-state index contributed by atoms with van der Waals surface area (Å²) in [6.45, 7) is 0.621. The van der Waals surface area contributed by atoms with Gasteiger partial charge < -0.3 is 19.5 Å². The van der Waals surface area contributed by atoms with Gasteiger partial charge in [0.2, 0.25) is 5.88 Å². The average molecular weight is 460 g/mol. The van der Waals surface area contributed by atoms with Gasteiger partial charge in [-0.3, -0.25) is 4.79 Å². The van der Waals surface area contributed by atoms with Crippen molar-refractivity contribution in [3.63, 3.8) is 0 Å². The standard InChI is InChI=1S/C26H26FN5O2/c1-31(2)11-5-6-25(33)32(3)23-13-17(7-8-22(23)27)19-12-20-21(16-30-26(20)29-15-19)18-9-10-28-24(14-18)34-4/h5-10,12-16H,11H2,1-4H3,(H,29,30)/b6-5+. The van der Waals surface area contributed by atoms with Crippen LogP contribution in [0.15, 0.2) is 67.1 Å². The predicted octanol–water partition coefficient (Wildman–Crippen LogP) is 4.52. The molecule has 34 heavy (non-hydrogen) atoms. The fourth-order valence-electron chi connectivity index (χ4n) is 3.63. The van der Waals surface area contributed by atoms with Crippen LogP contribution in [0.4, 0.5) is 10.1 Å². The Morgan fingerprint density at radius 1 is 1.09 bits per heavy atom. The number of methoxy groups -OCH3 is 1. The second-order valence-electron chi connectivity index (χ2n) is 8.14. The van der Waals surface area contributed by atoms with E-state index in [9.17, 15) is 9.18 Å². The van der Waals surface area contributed by atoms with Gasteiger partial charge in [0.1, 0.15) is 11.5 Å². The van der Waals surface area contributed by atoms with E-state index in [1.165, 1.54) is 17.0 Å². The summed E-state index contributed by atoms with van der Waals surface area (Å²) in [7, 11) is 6.96. The lowest BCUT2D eigenvalue weighted by Gasteiger charge is -2.17. The van der Waals surface area contributed by atoms with Crippen LogP contribution < -0.4 is 9.64 Å². The van der Waals surface area contributed by atoms with E-state index in [-0.39, 0.29) is 11.6 Å². The summed E-state index contributed by atoms with van der Waals surface area (Å²) in [5.41, 5.74) is 4.37. The van der Waals surface area contributed by atoms with Crippen molar-refractivity contribution < 1.29 is 13.9 Å². The number of carbonyl (C=O) groups excluding carboxylic acids is 1. The Hall–Kier alpha value is -4.04. The van der Waals surface area contributed by atoms with Gasteiger partial charge in [0.25, 0.3) is 5.91 Å². The first-order valence-corrected chi connectivity index (χ1v) is 10.7. The molecule has 3 heterocycles. The van der Waals surface area contributed by atoms with Gasteiger partial charge in [-0.25, -0.2) is 14.4 Å². The maximum atomic E-state index is 14.6. The molecule has 174 valence electrons. The molecule has 0 saturated carbocycles. The second-order valence-corrected chi connectivity index (χ2v) is 8.14. The number of carbonyl (C=O) groups is 1. The van der Waals surface area contributed by atoms with Gasteiger partial charge in [-0.15, -0.1) is 0 Å². The van der Waals surface area contributed by atoms with E-state index in [4.69, 9.17) is 4.74 Å². The van der Waals surface area contributed by atoms with E-state index in [0.717, 1.165) is 33.3 Å². The largest absolute Gasteiger partial charge is 0.481 e. The van der Waals surface area contributed by atoms with Crippen molar-refractivity contribution in [2.45, 2.75) is 0 Å². The molecule has 0 spiro atoms. The molecule has 8 heteroatoms. The minimum Gasteiger partial charge on any atom is -0.481 e. The van der Waals surface area contributed by atoms with Gasteiger partial charge in [-0.1, -0.05) is 12.1 Å². The Morgan fingerprint density at radius 2 is 1.91 bits per heavy atom. The van der Waals surface area contributed by atoms with Crippen molar-refractivity contribution in [3.05, 3.63) is 73.0 Å². The minimum absolute atomic E-state index is 0.199. The zero-order valence-electron chi connectivity index (χ0n) is 19.5. The Labute approximate surface area is 197 Å². The number of fused-ring (bicyclic) bond motifs is 1. The molecule has 1 aromatic carbocycles. The molecular weight excluding hydrogens is 433 g/mol.